The van der Waals surface area contributed by atoms with Crippen LogP contribution >= 0.6 is 22.6 Å². The van der Waals surface area contributed by atoms with Gasteiger partial charge in [0.15, 0.2) is 6.10 Å². The largest absolute Gasteiger partial charge is 0.481 e. The fourth-order valence-corrected chi connectivity index (χ4v) is 2.27. The molecule has 0 aliphatic rings. The minimum Gasteiger partial charge on any atom is -0.481 e. The molecule has 2 aromatic carbocycles. The number of hydrogen-bond donors (Lipinski definition) is 1. The first-order valence-corrected chi connectivity index (χ1v) is 7.44. The highest BCUT2D eigenvalue weighted by atomic mass is 127. The van der Waals surface area contributed by atoms with Gasteiger partial charge in [0.05, 0.1) is 0 Å². The second-order valence-corrected chi connectivity index (χ2v) is 5.70. The molecule has 0 saturated carbocycles. The summed E-state index contributed by atoms with van der Waals surface area (Å²) in [5, 5.41) is 2.79. The number of aldehydes is 1. The Morgan fingerprint density at radius 2 is 2.00 bits per heavy atom. The second-order valence-electron chi connectivity index (χ2n) is 4.45. The molecule has 0 radical (unpaired) electrons. The van der Waals surface area contributed by atoms with Crippen LogP contribution in [0.3, 0.4) is 0 Å². The maximum absolute atomic E-state index is 12.1. The van der Waals surface area contributed by atoms with Gasteiger partial charge in [-0.15, -0.1) is 0 Å². The van der Waals surface area contributed by atoms with Crippen LogP contribution in [0.4, 0.5) is 5.69 Å². The lowest BCUT2D eigenvalue weighted by molar-refractivity contribution is -0.122. The van der Waals surface area contributed by atoms with Crippen molar-refractivity contribution in [3.63, 3.8) is 0 Å². The van der Waals surface area contributed by atoms with E-state index in [0.29, 0.717) is 11.3 Å². The van der Waals surface area contributed by atoms with Crippen LogP contribution in [-0.2, 0) is 4.79 Å². The summed E-state index contributed by atoms with van der Waals surface area (Å²) < 4.78 is 6.59. The van der Waals surface area contributed by atoms with Gasteiger partial charge in [0.25, 0.3) is 5.91 Å². The Kier molecular flexibility index (Phi) is 5.32. The van der Waals surface area contributed by atoms with E-state index >= 15 is 0 Å². The minimum absolute atomic E-state index is 0.242. The Labute approximate surface area is 136 Å². The molecule has 5 heteroatoms. The van der Waals surface area contributed by atoms with E-state index in [1.165, 1.54) is 0 Å². The van der Waals surface area contributed by atoms with Gasteiger partial charge < -0.3 is 10.1 Å². The molecule has 0 spiro atoms. The molecule has 0 unspecified atom stereocenters. The van der Waals surface area contributed by atoms with Crippen molar-refractivity contribution < 1.29 is 14.3 Å². The van der Waals surface area contributed by atoms with Crippen LogP contribution < -0.4 is 10.1 Å². The number of ether oxygens (including phenoxy) is 1. The predicted octanol–water partition coefficient (Wildman–Crippen LogP) is 3.51. The van der Waals surface area contributed by atoms with Crippen LogP contribution in [0.1, 0.15) is 17.3 Å². The summed E-state index contributed by atoms with van der Waals surface area (Å²) in [6.45, 7) is 1.66. The second kappa shape index (κ2) is 7.21. The first-order valence-electron chi connectivity index (χ1n) is 6.37. The molecule has 4 nitrogen and oxygen atoms in total. The Morgan fingerprint density at radius 3 is 2.71 bits per heavy atom. The Morgan fingerprint density at radius 1 is 1.24 bits per heavy atom. The lowest BCUT2D eigenvalue weighted by Gasteiger charge is -2.15. The van der Waals surface area contributed by atoms with Crippen molar-refractivity contribution in [1.29, 1.82) is 0 Å². The minimum atomic E-state index is -0.662. The van der Waals surface area contributed by atoms with E-state index < -0.39 is 6.10 Å². The van der Waals surface area contributed by atoms with Crippen LogP contribution in [0.15, 0.2) is 48.5 Å². The zero-order valence-corrected chi connectivity index (χ0v) is 13.5. The summed E-state index contributed by atoms with van der Waals surface area (Å²) in [4.78, 5) is 22.8. The number of nitrogens with one attached hydrogen (secondary N) is 1. The SMILES string of the molecule is C[C@H](Oc1cccc(C=O)c1)C(=O)Nc1cccc(I)c1. The van der Waals surface area contributed by atoms with Crippen molar-refractivity contribution in [3.8, 4) is 5.75 Å². The maximum atomic E-state index is 12.1. The number of rotatable bonds is 5. The highest BCUT2D eigenvalue weighted by molar-refractivity contribution is 14.1. The standard InChI is InChI=1S/C16H14INO3/c1-11(21-15-7-2-4-12(8-15)10-19)16(20)18-14-6-3-5-13(17)9-14/h2-11H,1H3,(H,18,20)/t11-/m0/s1. The third-order valence-electron chi connectivity index (χ3n) is 2.77. The van der Waals surface area contributed by atoms with E-state index in [2.05, 4.69) is 27.9 Å². The molecule has 0 aromatic heterocycles. The molecule has 0 fully saturated rings. The summed E-state index contributed by atoms with van der Waals surface area (Å²) in [5.74, 6) is 0.249. The van der Waals surface area contributed by atoms with Gasteiger partial charge >= 0.3 is 0 Å². The molecule has 0 saturated heterocycles. The number of benzene rings is 2. The van der Waals surface area contributed by atoms with Gasteiger partial charge in [-0.05, 0) is 59.8 Å². The monoisotopic (exact) mass is 395 g/mol. The molecule has 0 aliphatic heterocycles. The highest BCUT2D eigenvalue weighted by Crippen LogP contribution is 2.16. The van der Waals surface area contributed by atoms with Crippen LogP contribution in [0, 0.1) is 3.57 Å². The average Bonchev–Trinajstić information content (AvgIpc) is 2.47. The summed E-state index contributed by atoms with van der Waals surface area (Å²) in [6.07, 6.45) is 0.0773. The van der Waals surface area contributed by atoms with E-state index in [9.17, 15) is 9.59 Å². The number of carbonyl (C=O) groups excluding carboxylic acids is 2. The van der Waals surface area contributed by atoms with Crippen LogP contribution in [0.2, 0.25) is 0 Å². The van der Waals surface area contributed by atoms with Crippen LogP contribution in [-0.4, -0.2) is 18.3 Å². The molecular formula is C16H14INO3. The zero-order valence-electron chi connectivity index (χ0n) is 11.4. The summed E-state index contributed by atoms with van der Waals surface area (Å²) in [6, 6.07) is 14.2. The molecule has 0 heterocycles. The molecule has 108 valence electrons. The van der Waals surface area contributed by atoms with Gasteiger partial charge in [-0.2, -0.15) is 0 Å². The van der Waals surface area contributed by atoms with E-state index in [-0.39, 0.29) is 5.91 Å². The lowest BCUT2D eigenvalue weighted by Crippen LogP contribution is -2.30. The fourth-order valence-electron chi connectivity index (χ4n) is 1.73. The number of carbonyl (C=O) groups is 2. The summed E-state index contributed by atoms with van der Waals surface area (Å²) >= 11 is 2.18. The Balaban J connectivity index is 2.00. The molecule has 2 rings (SSSR count). The summed E-state index contributed by atoms with van der Waals surface area (Å²) in [7, 11) is 0. The first kappa shape index (κ1) is 15.5. The summed E-state index contributed by atoms with van der Waals surface area (Å²) in [5.41, 5.74) is 1.24. The lowest BCUT2D eigenvalue weighted by atomic mass is 10.2. The Hall–Kier alpha value is -1.89. The number of anilines is 1. The molecule has 1 atom stereocenters. The van der Waals surface area contributed by atoms with Crippen molar-refractivity contribution >= 4 is 40.5 Å². The molecular weight excluding hydrogens is 381 g/mol. The van der Waals surface area contributed by atoms with Gasteiger partial charge in [0, 0.05) is 14.8 Å². The van der Waals surface area contributed by atoms with E-state index in [1.54, 1.807) is 31.2 Å². The maximum Gasteiger partial charge on any atom is 0.265 e. The van der Waals surface area contributed by atoms with E-state index in [4.69, 9.17) is 4.74 Å². The smallest absolute Gasteiger partial charge is 0.265 e. The highest BCUT2D eigenvalue weighted by Gasteiger charge is 2.15. The molecule has 1 N–H and O–H groups in total. The molecule has 21 heavy (non-hydrogen) atoms. The van der Waals surface area contributed by atoms with Gasteiger partial charge in [0.1, 0.15) is 12.0 Å². The number of halogens is 1. The third kappa shape index (κ3) is 4.56. The van der Waals surface area contributed by atoms with Crippen LogP contribution in [0.25, 0.3) is 0 Å². The molecule has 1 amide bonds. The molecule has 0 aliphatic carbocycles. The normalized spacial score (nSPS) is 11.5. The van der Waals surface area contributed by atoms with Gasteiger partial charge in [-0.1, -0.05) is 18.2 Å². The Bertz CT molecular complexity index is 657. The van der Waals surface area contributed by atoms with Crippen LogP contribution in [0.5, 0.6) is 5.75 Å². The van der Waals surface area contributed by atoms with Gasteiger partial charge in [0.2, 0.25) is 0 Å². The van der Waals surface area contributed by atoms with Crippen molar-refractivity contribution in [2.24, 2.45) is 0 Å². The van der Waals surface area contributed by atoms with Crippen molar-refractivity contribution in [2.75, 3.05) is 5.32 Å². The van der Waals surface area contributed by atoms with Crippen molar-refractivity contribution in [2.45, 2.75) is 13.0 Å². The zero-order chi connectivity index (χ0) is 15.2. The van der Waals surface area contributed by atoms with Gasteiger partial charge in [-0.25, -0.2) is 0 Å². The fraction of sp³-hybridized carbons (Fsp3) is 0.125. The van der Waals surface area contributed by atoms with E-state index in [0.717, 1.165) is 15.5 Å². The number of hydrogen-bond acceptors (Lipinski definition) is 3. The molecule has 0 bridgehead atoms. The average molecular weight is 395 g/mol. The first-order chi connectivity index (χ1) is 10.1. The molecule has 2 aromatic rings. The van der Waals surface area contributed by atoms with Crippen molar-refractivity contribution in [1.82, 2.24) is 0 Å². The van der Waals surface area contributed by atoms with Crippen molar-refractivity contribution in [3.05, 3.63) is 57.7 Å². The topological polar surface area (TPSA) is 55.4 Å². The van der Waals surface area contributed by atoms with E-state index in [1.807, 2.05) is 24.3 Å². The predicted molar refractivity (Wildman–Crippen MR) is 89.7 cm³/mol. The quantitative estimate of drug-likeness (QED) is 0.623. The van der Waals surface area contributed by atoms with Gasteiger partial charge in [-0.3, -0.25) is 9.59 Å². The number of amides is 1. The third-order valence-corrected chi connectivity index (χ3v) is 3.44.